The zero-order valence-electron chi connectivity index (χ0n) is 7.11. The Bertz CT molecular complexity index is 467. The molecule has 0 fully saturated rings. The molecule has 0 bridgehead atoms. The zero-order valence-corrected chi connectivity index (χ0v) is 9.46. The standard InChI is InChI=1S/C9H7BrClN3/c10-8-3-7(12)1-2-9(8)14-5-6(11)4-13-14/h1-5H,12H2. The van der Waals surface area contributed by atoms with E-state index in [9.17, 15) is 0 Å². The highest BCUT2D eigenvalue weighted by Crippen LogP contribution is 2.23. The van der Waals surface area contributed by atoms with Gasteiger partial charge < -0.3 is 5.73 Å². The second-order valence-electron chi connectivity index (χ2n) is 2.81. The fourth-order valence-electron chi connectivity index (χ4n) is 1.14. The first-order chi connectivity index (χ1) is 6.66. The molecule has 2 N–H and O–H groups in total. The highest BCUT2D eigenvalue weighted by atomic mass is 79.9. The Morgan fingerprint density at radius 3 is 2.79 bits per heavy atom. The lowest BCUT2D eigenvalue weighted by Crippen LogP contribution is -1.96. The molecule has 0 spiro atoms. The van der Waals surface area contributed by atoms with E-state index in [0.29, 0.717) is 10.7 Å². The van der Waals surface area contributed by atoms with Gasteiger partial charge in [0.2, 0.25) is 0 Å². The lowest BCUT2D eigenvalue weighted by atomic mass is 10.3. The molecule has 0 atom stereocenters. The van der Waals surface area contributed by atoms with Crippen LogP contribution in [0.15, 0.2) is 35.1 Å². The van der Waals surface area contributed by atoms with Gasteiger partial charge in [0.15, 0.2) is 0 Å². The lowest BCUT2D eigenvalue weighted by Gasteiger charge is -2.04. The van der Waals surface area contributed by atoms with Crippen molar-refractivity contribution in [1.29, 1.82) is 0 Å². The molecule has 0 saturated carbocycles. The van der Waals surface area contributed by atoms with Gasteiger partial charge in [-0.1, -0.05) is 11.6 Å². The summed E-state index contributed by atoms with van der Waals surface area (Å²) in [7, 11) is 0. The van der Waals surface area contributed by atoms with Gasteiger partial charge in [0.05, 0.1) is 16.9 Å². The van der Waals surface area contributed by atoms with Crippen LogP contribution in [0.4, 0.5) is 5.69 Å². The largest absolute Gasteiger partial charge is 0.399 e. The van der Waals surface area contributed by atoms with Gasteiger partial charge in [0.25, 0.3) is 0 Å². The second kappa shape index (κ2) is 3.63. The Balaban J connectivity index is 2.52. The Labute approximate surface area is 94.6 Å². The van der Waals surface area contributed by atoms with Crippen molar-refractivity contribution < 1.29 is 0 Å². The van der Waals surface area contributed by atoms with Crippen LogP contribution in [0.25, 0.3) is 5.69 Å². The second-order valence-corrected chi connectivity index (χ2v) is 4.10. The van der Waals surface area contributed by atoms with Crippen LogP contribution in [0.1, 0.15) is 0 Å². The third-order valence-electron chi connectivity index (χ3n) is 1.77. The summed E-state index contributed by atoms with van der Waals surface area (Å²) in [6, 6.07) is 5.52. The first kappa shape index (κ1) is 9.55. The summed E-state index contributed by atoms with van der Waals surface area (Å²) in [5, 5.41) is 4.70. The van der Waals surface area contributed by atoms with Gasteiger partial charge in [-0.3, -0.25) is 0 Å². The summed E-state index contributed by atoms with van der Waals surface area (Å²) in [6.45, 7) is 0. The van der Waals surface area contributed by atoms with Gasteiger partial charge in [-0.2, -0.15) is 5.10 Å². The topological polar surface area (TPSA) is 43.8 Å². The fraction of sp³-hybridized carbons (Fsp3) is 0. The molecule has 1 heterocycles. The minimum Gasteiger partial charge on any atom is -0.399 e. The first-order valence-corrected chi connectivity index (χ1v) is 5.09. The first-order valence-electron chi connectivity index (χ1n) is 3.92. The SMILES string of the molecule is Nc1ccc(-n2cc(Cl)cn2)c(Br)c1. The third-order valence-corrected chi connectivity index (χ3v) is 2.60. The maximum Gasteiger partial charge on any atom is 0.0790 e. The Morgan fingerprint density at radius 1 is 1.43 bits per heavy atom. The molecule has 2 aromatic rings. The normalized spacial score (nSPS) is 10.4. The lowest BCUT2D eigenvalue weighted by molar-refractivity contribution is 0.876. The van der Waals surface area contributed by atoms with Crippen molar-refractivity contribution in [3.05, 3.63) is 40.1 Å². The van der Waals surface area contributed by atoms with Gasteiger partial charge in [0.1, 0.15) is 0 Å². The number of halogens is 2. The van der Waals surface area contributed by atoms with Crippen LogP contribution < -0.4 is 5.73 Å². The predicted octanol–water partition coefficient (Wildman–Crippen LogP) is 2.87. The molecule has 0 aliphatic heterocycles. The molecule has 1 aromatic carbocycles. The molecular formula is C9H7BrClN3. The van der Waals surface area contributed by atoms with E-state index in [2.05, 4.69) is 21.0 Å². The Hall–Kier alpha value is -1.00. The van der Waals surface area contributed by atoms with Crippen molar-refractivity contribution in [3.63, 3.8) is 0 Å². The zero-order chi connectivity index (χ0) is 10.1. The molecule has 14 heavy (non-hydrogen) atoms. The van der Waals surface area contributed by atoms with Crippen LogP contribution in [0, 0.1) is 0 Å². The molecule has 5 heteroatoms. The summed E-state index contributed by atoms with van der Waals surface area (Å²) in [5.74, 6) is 0. The Morgan fingerprint density at radius 2 is 2.21 bits per heavy atom. The number of hydrogen-bond donors (Lipinski definition) is 1. The molecule has 0 saturated heterocycles. The summed E-state index contributed by atoms with van der Waals surface area (Å²) in [6.07, 6.45) is 3.32. The smallest absolute Gasteiger partial charge is 0.0790 e. The monoisotopic (exact) mass is 271 g/mol. The van der Waals surface area contributed by atoms with Gasteiger partial charge in [-0.25, -0.2) is 4.68 Å². The summed E-state index contributed by atoms with van der Waals surface area (Å²) < 4.78 is 2.57. The van der Waals surface area contributed by atoms with Crippen LogP contribution >= 0.6 is 27.5 Å². The van der Waals surface area contributed by atoms with Crippen molar-refractivity contribution >= 4 is 33.2 Å². The van der Waals surface area contributed by atoms with Crippen molar-refractivity contribution in [3.8, 4) is 5.69 Å². The van der Waals surface area contributed by atoms with Crippen LogP contribution in [-0.2, 0) is 0 Å². The van der Waals surface area contributed by atoms with Crippen LogP contribution in [0.2, 0.25) is 5.02 Å². The summed E-state index contributed by atoms with van der Waals surface area (Å²) >= 11 is 9.18. The Kier molecular flexibility index (Phi) is 2.48. The van der Waals surface area contributed by atoms with E-state index in [1.165, 1.54) is 0 Å². The molecule has 3 nitrogen and oxygen atoms in total. The number of benzene rings is 1. The maximum absolute atomic E-state index is 5.77. The maximum atomic E-state index is 5.77. The number of aromatic nitrogens is 2. The van der Waals surface area contributed by atoms with E-state index >= 15 is 0 Å². The molecule has 0 unspecified atom stereocenters. The van der Waals surface area contributed by atoms with Crippen molar-refractivity contribution in [2.75, 3.05) is 5.73 Å². The van der Waals surface area contributed by atoms with Crippen molar-refractivity contribution in [1.82, 2.24) is 9.78 Å². The highest BCUT2D eigenvalue weighted by molar-refractivity contribution is 9.10. The molecule has 0 amide bonds. The van der Waals surface area contributed by atoms with Crippen molar-refractivity contribution in [2.45, 2.75) is 0 Å². The van der Waals surface area contributed by atoms with Crippen LogP contribution in [0.3, 0.4) is 0 Å². The van der Waals surface area contributed by atoms with E-state index in [4.69, 9.17) is 17.3 Å². The molecule has 1 aromatic heterocycles. The number of anilines is 1. The van der Waals surface area contributed by atoms with E-state index < -0.39 is 0 Å². The van der Waals surface area contributed by atoms with Gasteiger partial charge in [-0.15, -0.1) is 0 Å². The van der Waals surface area contributed by atoms with Gasteiger partial charge in [0, 0.05) is 16.4 Å². The van der Waals surface area contributed by atoms with Gasteiger partial charge in [-0.05, 0) is 34.1 Å². The quantitative estimate of drug-likeness (QED) is 0.811. The molecule has 72 valence electrons. The van der Waals surface area contributed by atoms with E-state index in [1.807, 2.05) is 18.2 Å². The average molecular weight is 273 g/mol. The van der Waals surface area contributed by atoms with Gasteiger partial charge >= 0.3 is 0 Å². The van der Waals surface area contributed by atoms with E-state index in [0.717, 1.165) is 10.2 Å². The minimum absolute atomic E-state index is 0.605. The van der Waals surface area contributed by atoms with E-state index in [-0.39, 0.29) is 0 Å². The predicted molar refractivity (Wildman–Crippen MR) is 60.7 cm³/mol. The van der Waals surface area contributed by atoms with E-state index in [1.54, 1.807) is 17.1 Å². The minimum atomic E-state index is 0.605. The fourth-order valence-corrected chi connectivity index (χ4v) is 1.86. The molecule has 0 aliphatic carbocycles. The number of rotatable bonds is 1. The number of hydrogen-bond acceptors (Lipinski definition) is 2. The van der Waals surface area contributed by atoms with Crippen LogP contribution in [-0.4, -0.2) is 9.78 Å². The van der Waals surface area contributed by atoms with Crippen LogP contribution in [0.5, 0.6) is 0 Å². The molecule has 0 radical (unpaired) electrons. The third kappa shape index (κ3) is 1.76. The number of nitrogens with two attached hydrogens (primary N) is 1. The summed E-state index contributed by atoms with van der Waals surface area (Å²) in [4.78, 5) is 0. The highest BCUT2D eigenvalue weighted by Gasteiger charge is 2.03. The number of nitrogen functional groups attached to an aromatic ring is 1. The average Bonchev–Trinajstić information content (AvgIpc) is 2.51. The molecule has 0 aliphatic rings. The molecule has 2 rings (SSSR count). The number of nitrogens with zero attached hydrogens (tertiary/aromatic N) is 2. The summed E-state index contributed by atoms with van der Waals surface area (Å²) in [5.41, 5.74) is 7.24. The van der Waals surface area contributed by atoms with Crippen molar-refractivity contribution in [2.24, 2.45) is 0 Å². The molecular weight excluding hydrogens is 265 g/mol.